The van der Waals surface area contributed by atoms with Crippen molar-refractivity contribution < 1.29 is 26.3 Å². The SMILES string of the molecule is CN=C(NCc1ccc(OC(C)(C)C)cc1C(F)(F)F)NCC1CCS(=O)(=O)C1. The summed E-state index contributed by atoms with van der Waals surface area (Å²) in [5.74, 6) is 0.724. The molecule has 2 N–H and O–H groups in total. The first kappa shape index (κ1) is 23.3. The Balaban J connectivity index is 2.04. The monoisotopic (exact) mass is 435 g/mol. The molecule has 1 saturated heterocycles. The Labute approximate surface area is 169 Å². The van der Waals surface area contributed by atoms with E-state index in [0.717, 1.165) is 6.07 Å². The highest BCUT2D eigenvalue weighted by Crippen LogP contribution is 2.35. The second-order valence-electron chi connectivity index (χ2n) is 8.11. The summed E-state index contributed by atoms with van der Waals surface area (Å²) in [5.41, 5.74) is -1.32. The van der Waals surface area contributed by atoms with Gasteiger partial charge in [0.1, 0.15) is 11.4 Å². The van der Waals surface area contributed by atoms with Gasteiger partial charge in [-0.05, 0) is 50.8 Å². The molecule has 0 aromatic heterocycles. The minimum Gasteiger partial charge on any atom is -0.488 e. The van der Waals surface area contributed by atoms with E-state index < -0.39 is 27.2 Å². The molecule has 29 heavy (non-hydrogen) atoms. The van der Waals surface area contributed by atoms with Gasteiger partial charge in [0.25, 0.3) is 0 Å². The summed E-state index contributed by atoms with van der Waals surface area (Å²) in [6.07, 6.45) is -3.96. The summed E-state index contributed by atoms with van der Waals surface area (Å²) in [6, 6.07) is 3.90. The van der Waals surface area contributed by atoms with Crippen molar-refractivity contribution in [3.63, 3.8) is 0 Å². The molecule has 0 bridgehead atoms. The average molecular weight is 436 g/mol. The van der Waals surface area contributed by atoms with Crippen LogP contribution in [0, 0.1) is 5.92 Å². The molecule has 1 aliphatic heterocycles. The molecule has 164 valence electrons. The largest absolute Gasteiger partial charge is 0.488 e. The van der Waals surface area contributed by atoms with Gasteiger partial charge in [0.2, 0.25) is 0 Å². The molecule has 0 radical (unpaired) electrons. The fourth-order valence-corrected chi connectivity index (χ4v) is 4.93. The van der Waals surface area contributed by atoms with Crippen molar-refractivity contribution in [2.75, 3.05) is 25.1 Å². The maximum absolute atomic E-state index is 13.5. The molecule has 0 amide bonds. The lowest BCUT2D eigenvalue weighted by Gasteiger charge is -2.23. The zero-order valence-electron chi connectivity index (χ0n) is 17.1. The Morgan fingerprint density at radius 1 is 1.24 bits per heavy atom. The van der Waals surface area contributed by atoms with Crippen molar-refractivity contribution in [1.82, 2.24) is 10.6 Å². The summed E-state index contributed by atoms with van der Waals surface area (Å²) in [4.78, 5) is 4.00. The molecule has 1 heterocycles. The first-order valence-corrected chi connectivity index (χ1v) is 11.2. The summed E-state index contributed by atoms with van der Waals surface area (Å²) in [6.45, 7) is 5.60. The maximum Gasteiger partial charge on any atom is 0.416 e. The third kappa shape index (κ3) is 7.41. The fourth-order valence-electron chi connectivity index (χ4n) is 3.06. The van der Waals surface area contributed by atoms with E-state index in [9.17, 15) is 21.6 Å². The van der Waals surface area contributed by atoms with E-state index in [1.54, 1.807) is 20.8 Å². The third-order valence-corrected chi connectivity index (χ3v) is 6.20. The maximum atomic E-state index is 13.5. The Kier molecular flexibility index (Phi) is 7.08. The molecule has 1 unspecified atom stereocenters. The lowest BCUT2D eigenvalue weighted by molar-refractivity contribution is -0.138. The van der Waals surface area contributed by atoms with Crippen LogP contribution < -0.4 is 15.4 Å². The van der Waals surface area contributed by atoms with Gasteiger partial charge in [0.05, 0.1) is 17.1 Å². The highest BCUT2D eigenvalue weighted by Gasteiger charge is 2.34. The lowest BCUT2D eigenvalue weighted by atomic mass is 10.1. The van der Waals surface area contributed by atoms with E-state index in [0.29, 0.717) is 18.9 Å². The molecule has 1 aromatic rings. The van der Waals surface area contributed by atoms with Gasteiger partial charge >= 0.3 is 6.18 Å². The Morgan fingerprint density at radius 3 is 2.45 bits per heavy atom. The van der Waals surface area contributed by atoms with Crippen LogP contribution in [0.3, 0.4) is 0 Å². The number of nitrogens with one attached hydrogen (secondary N) is 2. The van der Waals surface area contributed by atoms with Gasteiger partial charge in [0, 0.05) is 20.1 Å². The number of nitrogens with zero attached hydrogens (tertiary/aromatic N) is 1. The van der Waals surface area contributed by atoms with Crippen LogP contribution in [0.1, 0.15) is 38.3 Å². The molecule has 0 spiro atoms. The van der Waals surface area contributed by atoms with Gasteiger partial charge in [-0.25, -0.2) is 8.42 Å². The molecule has 10 heteroatoms. The van der Waals surface area contributed by atoms with E-state index in [1.807, 2.05) is 0 Å². The number of aliphatic imine (C=N–C) groups is 1. The van der Waals surface area contributed by atoms with Gasteiger partial charge in [0.15, 0.2) is 15.8 Å². The first-order chi connectivity index (χ1) is 13.3. The summed E-state index contributed by atoms with van der Waals surface area (Å²) >= 11 is 0. The summed E-state index contributed by atoms with van der Waals surface area (Å²) in [7, 11) is -1.48. The van der Waals surface area contributed by atoms with Crippen molar-refractivity contribution in [1.29, 1.82) is 0 Å². The van der Waals surface area contributed by atoms with Crippen molar-refractivity contribution >= 4 is 15.8 Å². The van der Waals surface area contributed by atoms with Crippen LogP contribution in [0.25, 0.3) is 0 Å². The molecule has 1 fully saturated rings. The van der Waals surface area contributed by atoms with Crippen molar-refractivity contribution in [2.24, 2.45) is 10.9 Å². The van der Waals surface area contributed by atoms with Crippen molar-refractivity contribution in [3.05, 3.63) is 29.3 Å². The van der Waals surface area contributed by atoms with Gasteiger partial charge in [-0.3, -0.25) is 4.99 Å². The van der Waals surface area contributed by atoms with E-state index in [2.05, 4.69) is 15.6 Å². The third-order valence-electron chi connectivity index (χ3n) is 4.37. The number of ether oxygens (including phenoxy) is 1. The number of alkyl halides is 3. The standard InChI is InChI=1S/C19H28F3N3O3S/c1-18(2,3)28-15-6-5-14(16(9-15)19(20,21)22)11-25-17(23-4)24-10-13-7-8-29(26,27)12-13/h5-6,9,13H,7-8,10-12H2,1-4H3,(H2,23,24,25). The molecule has 1 aliphatic rings. The lowest BCUT2D eigenvalue weighted by Crippen LogP contribution is -2.39. The Morgan fingerprint density at radius 2 is 1.93 bits per heavy atom. The second kappa shape index (κ2) is 8.81. The van der Waals surface area contributed by atoms with Gasteiger partial charge < -0.3 is 15.4 Å². The van der Waals surface area contributed by atoms with E-state index in [4.69, 9.17) is 4.74 Å². The molecular weight excluding hydrogens is 407 g/mol. The quantitative estimate of drug-likeness (QED) is 0.549. The van der Waals surface area contributed by atoms with Crippen LogP contribution in [-0.2, 0) is 22.6 Å². The van der Waals surface area contributed by atoms with E-state index >= 15 is 0 Å². The number of guanidine groups is 1. The van der Waals surface area contributed by atoms with Crippen molar-refractivity contribution in [3.8, 4) is 5.75 Å². The first-order valence-electron chi connectivity index (χ1n) is 9.33. The Hall–Kier alpha value is -1.97. The van der Waals surface area contributed by atoms with Gasteiger partial charge in [-0.1, -0.05) is 6.07 Å². The number of hydrogen-bond donors (Lipinski definition) is 2. The normalized spacial score (nSPS) is 19.8. The van der Waals surface area contributed by atoms with Crippen LogP contribution in [-0.4, -0.2) is 45.1 Å². The highest BCUT2D eigenvalue weighted by molar-refractivity contribution is 7.91. The molecule has 2 rings (SSSR count). The number of sulfone groups is 1. The van der Waals surface area contributed by atoms with E-state index in [-0.39, 0.29) is 35.3 Å². The zero-order chi connectivity index (χ0) is 21.9. The summed E-state index contributed by atoms with van der Waals surface area (Å²) in [5, 5.41) is 5.85. The smallest absolute Gasteiger partial charge is 0.416 e. The number of hydrogen-bond acceptors (Lipinski definition) is 4. The molecule has 6 nitrogen and oxygen atoms in total. The fraction of sp³-hybridized carbons (Fsp3) is 0.632. The number of halogens is 3. The van der Waals surface area contributed by atoms with Gasteiger partial charge in [-0.15, -0.1) is 0 Å². The Bertz CT molecular complexity index is 846. The number of rotatable bonds is 5. The molecule has 1 aromatic carbocycles. The van der Waals surface area contributed by atoms with Crippen LogP contribution >= 0.6 is 0 Å². The minimum atomic E-state index is -4.52. The minimum absolute atomic E-state index is 0.0295. The van der Waals surface area contributed by atoms with Crippen LogP contribution in [0.4, 0.5) is 13.2 Å². The molecular formula is C19H28F3N3O3S. The molecule has 1 atom stereocenters. The van der Waals surface area contributed by atoms with Gasteiger partial charge in [-0.2, -0.15) is 13.2 Å². The summed E-state index contributed by atoms with van der Waals surface area (Å²) < 4.78 is 69.1. The van der Waals surface area contributed by atoms with Crippen LogP contribution in [0.5, 0.6) is 5.75 Å². The zero-order valence-corrected chi connectivity index (χ0v) is 17.9. The predicted octanol–water partition coefficient (Wildman–Crippen LogP) is 2.98. The second-order valence-corrected chi connectivity index (χ2v) is 10.3. The van der Waals surface area contributed by atoms with Crippen molar-refractivity contribution in [2.45, 2.75) is 45.5 Å². The molecule has 0 saturated carbocycles. The predicted molar refractivity (Wildman–Crippen MR) is 107 cm³/mol. The van der Waals surface area contributed by atoms with Crippen LogP contribution in [0.15, 0.2) is 23.2 Å². The van der Waals surface area contributed by atoms with E-state index in [1.165, 1.54) is 19.2 Å². The molecule has 0 aliphatic carbocycles. The van der Waals surface area contributed by atoms with Crippen LogP contribution in [0.2, 0.25) is 0 Å². The highest BCUT2D eigenvalue weighted by atomic mass is 32.2. The number of benzene rings is 1. The average Bonchev–Trinajstić information content (AvgIpc) is 2.92. The topological polar surface area (TPSA) is 79.8 Å².